The van der Waals surface area contributed by atoms with E-state index >= 15 is 0 Å². The fourth-order valence-corrected chi connectivity index (χ4v) is 2.97. The number of H-pyrrole nitrogens is 1. The Labute approximate surface area is 104 Å². The molecule has 17 heavy (non-hydrogen) atoms. The van der Waals surface area contributed by atoms with Gasteiger partial charge in [-0.25, -0.2) is 4.98 Å². The van der Waals surface area contributed by atoms with Crippen LogP contribution < -0.4 is 10.5 Å². The van der Waals surface area contributed by atoms with Crippen molar-refractivity contribution >= 4 is 17.4 Å². The lowest BCUT2D eigenvalue weighted by Crippen LogP contribution is -2.49. The van der Waals surface area contributed by atoms with Crippen LogP contribution in [0.25, 0.3) is 0 Å². The fourth-order valence-electron chi connectivity index (χ4n) is 2.76. The van der Waals surface area contributed by atoms with Gasteiger partial charge in [0.15, 0.2) is 5.82 Å². The van der Waals surface area contributed by atoms with Crippen molar-refractivity contribution in [3.63, 3.8) is 0 Å². The molecule has 2 aliphatic rings. The van der Waals surface area contributed by atoms with Gasteiger partial charge in [0.2, 0.25) is 0 Å². The number of anilines is 1. The number of rotatable bonds is 1. The summed E-state index contributed by atoms with van der Waals surface area (Å²) < 4.78 is 5.73. The molecule has 2 fully saturated rings. The van der Waals surface area contributed by atoms with E-state index in [1.54, 1.807) is 0 Å². The SMILES string of the molecule is O=c1[nH]cnc(N2CCOC3CCCC32)c1Cl. The molecule has 0 amide bonds. The van der Waals surface area contributed by atoms with Crippen LogP contribution in [-0.4, -0.2) is 35.3 Å². The van der Waals surface area contributed by atoms with Crippen LogP contribution in [0.2, 0.25) is 5.02 Å². The molecule has 1 aromatic rings. The highest BCUT2D eigenvalue weighted by atomic mass is 35.5. The number of nitrogens with zero attached hydrogens (tertiary/aromatic N) is 2. The molecular formula is C11H14ClN3O2. The van der Waals surface area contributed by atoms with E-state index in [0.717, 1.165) is 25.8 Å². The van der Waals surface area contributed by atoms with E-state index in [2.05, 4.69) is 14.9 Å². The number of aromatic amines is 1. The summed E-state index contributed by atoms with van der Waals surface area (Å²) >= 11 is 6.03. The molecule has 0 bridgehead atoms. The summed E-state index contributed by atoms with van der Waals surface area (Å²) in [6.45, 7) is 1.42. The fraction of sp³-hybridized carbons (Fsp3) is 0.636. The molecular weight excluding hydrogens is 242 g/mol. The highest BCUT2D eigenvalue weighted by Gasteiger charge is 2.37. The lowest BCUT2D eigenvalue weighted by atomic mass is 10.1. The molecule has 1 saturated carbocycles. The van der Waals surface area contributed by atoms with Gasteiger partial charge in [0, 0.05) is 6.54 Å². The van der Waals surface area contributed by atoms with Crippen molar-refractivity contribution in [1.82, 2.24) is 9.97 Å². The number of halogens is 1. The van der Waals surface area contributed by atoms with E-state index in [9.17, 15) is 4.79 Å². The number of hydrogen-bond donors (Lipinski definition) is 1. The van der Waals surface area contributed by atoms with Crippen molar-refractivity contribution in [1.29, 1.82) is 0 Å². The molecule has 0 radical (unpaired) electrons. The molecule has 5 nitrogen and oxygen atoms in total. The van der Waals surface area contributed by atoms with Crippen LogP contribution >= 0.6 is 11.6 Å². The molecule has 1 aliphatic heterocycles. The molecule has 0 aromatic carbocycles. The Balaban J connectivity index is 1.97. The topological polar surface area (TPSA) is 58.2 Å². The Morgan fingerprint density at radius 3 is 3.29 bits per heavy atom. The lowest BCUT2D eigenvalue weighted by molar-refractivity contribution is 0.0253. The Morgan fingerprint density at radius 2 is 2.41 bits per heavy atom. The van der Waals surface area contributed by atoms with E-state index in [4.69, 9.17) is 16.3 Å². The minimum atomic E-state index is -0.280. The third-order valence-electron chi connectivity index (χ3n) is 3.53. The first-order valence-corrected chi connectivity index (χ1v) is 6.26. The van der Waals surface area contributed by atoms with E-state index in [1.807, 2.05) is 0 Å². The first-order chi connectivity index (χ1) is 8.27. The zero-order valence-corrected chi connectivity index (χ0v) is 10.1. The van der Waals surface area contributed by atoms with Crippen LogP contribution in [0.3, 0.4) is 0 Å². The molecule has 6 heteroatoms. The quantitative estimate of drug-likeness (QED) is 0.819. The van der Waals surface area contributed by atoms with Gasteiger partial charge >= 0.3 is 0 Å². The zero-order chi connectivity index (χ0) is 11.8. The smallest absolute Gasteiger partial charge is 0.271 e. The highest BCUT2D eigenvalue weighted by molar-refractivity contribution is 6.32. The van der Waals surface area contributed by atoms with E-state index in [-0.39, 0.29) is 16.7 Å². The van der Waals surface area contributed by atoms with E-state index in [1.165, 1.54) is 6.33 Å². The summed E-state index contributed by atoms with van der Waals surface area (Å²) in [5.74, 6) is 0.593. The van der Waals surface area contributed by atoms with Crippen molar-refractivity contribution in [3.05, 3.63) is 21.7 Å². The summed E-state index contributed by atoms with van der Waals surface area (Å²) in [5.41, 5.74) is -0.280. The second-order valence-electron chi connectivity index (χ2n) is 4.47. The number of hydrogen-bond acceptors (Lipinski definition) is 4. The second-order valence-corrected chi connectivity index (χ2v) is 4.85. The largest absolute Gasteiger partial charge is 0.374 e. The molecule has 1 N–H and O–H groups in total. The Morgan fingerprint density at radius 1 is 1.53 bits per heavy atom. The summed E-state index contributed by atoms with van der Waals surface area (Å²) in [4.78, 5) is 20.3. The molecule has 1 saturated heterocycles. The lowest BCUT2D eigenvalue weighted by Gasteiger charge is -2.38. The van der Waals surface area contributed by atoms with Gasteiger partial charge in [-0.3, -0.25) is 4.79 Å². The monoisotopic (exact) mass is 255 g/mol. The van der Waals surface area contributed by atoms with E-state index < -0.39 is 0 Å². The van der Waals surface area contributed by atoms with Crippen molar-refractivity contribution in [2.24, 2.45) is 0 Å². The second kappa shape index (κ2) is 4.31. The van der Waals surface area contributed by atoms with Crippen LogP contribution in [-0.2, 0) is 4.74 Å². The minimum absolute atomic E-state index is 0.181. The molecule has 0 spiro atoms. The Hall–Kier alpha value is -1.07. The average molecular weight is 256 g/mol. The normalized spacial score (nSPS) is 28.2. The Bertz CT molecular complexity index is 476. The zero-order valence-electron chi connectivity index (χ0n) is 9.36. The standard InChI is InChI=1S/C11H14ClN3O2/c12-9-10(13-6-14-11(9)16)15-4-5-17-8-3-1-2-7(8)15/h6-8H,1-5H2,(H,13,14,16). The maximum atomic E-state index is 11.5. The summed E-state index contributed by atoms with van der Waals surface area (Å²) in [5, 5.41) is 0.181. The van der Waals surface area contributed by atoms with Crippen molar-refractivity contribution in [2.75, 3.05) is 18.1 Å². The predicted octanol–water partition coefficient (Wildman–Crippen LogP) is 1.18. The molecule has 2 unspecified atom stereocenters. The van der Waals surface area contributed by atoms with Crippen molar-refractivity contribution < 1.29 is 4.74 Å². The summed E-state index contributed by atoms with van der Waals surface area (Å²) in [6, 6.07) is 0.315. The van der Waals surface area contributed by atoms with Gasteiger partial charge in [0.25, 0.3) is 5.56 Å². The molecule has 92 valence electrons. The average Bonchev–Trinajstić information content (AvgIpc) is 2.81. The molecule has 1 aliphatic carbocycles. The minimum Gasteiger partial charge on any atom is -0.374 e. The third-order valence-corrected chi connectivity index (χ3v) is 3.87. The van der Waals surface area contributed by atoms with E-state index in [0.29, 0.717) is 18.5 Å². The van der Waals surface area contributed by atoms with Gasteiger partial charge < -0.3 is 14.6 Å². The van der Waals surface area contributed by atoms with Crippen molar-refractivity contribution in [2.45, 2.75) is 31.4 Å². The first kappa shape index (κ1) is 11.0. The Kier molecular flexibility index (Phi) is 2.80. The molecule has 3 rings (SSSR count). The molecule has 1 aromatic heterocycles. The molecule has 2 heterocycles. The number of aromatic nitrogens is 2. The van der Waals surface area contributed by atoms with Gasteiger partial charge in [-0.1, -0.05) is 11.6 Å². The number of nitrogens with one attached hydrogen (secondary N) is 1. The highest BCUT2D eigenvalue weighted by Crippen LogP contribution is 2.33. The number of fused-ring (bicyclic) bond motifs is 1. The van der Waals surface area contributed by atoms with Crippen LogP contribution in [0.1, 0.15) is 19.3 Å². The van der Waals surface area contributed by atoms with Gasteiger partial charge in [-0.2, -0.15) is 0 Å². The number of morpholine rings is 1. The van der Waals surface area contributed by atoms with Crippen molar-refractivity contribution in [3.8, 4) is 0 Å². The maximum absolute atomic E-state index is 11.5. The van der Waals surface area contributed by atoms with Gasteiger partial charge in [0.1, 0.15) is 5.02 Å². The van der Waals surface area contributed by atoms with Crippen LogP contribution in [0.4, 0.5) is 5.82 Å². The first-order valence-electron chi connectivity index (χ1n) is 5.89. The van der Waals surface area contributed by atoms with Gasteiger partial charge in [-0.15, -0.1) is 0 Å². The van der Waals surface area contributed by atoms with Crippen LogP contribution in [0, 0.1) is 0 Å². The van der Waals surface area contributed by atoms with Crippen LogP contribution in [0.5, 0.6) is 0 Å². The number of ether oxygens (including phenoxy) is 1. The summed E-state index contributed by atoms with van der Waals surface area (Å²) in [7, 11) is 0. The van der Waals surface area contributed by atoms with Gasteiger partial charge in [0.05, 0.1) is 25.1 Å². The molecule has 2 atom stereocenters. The van der Waals surface area contributed by atoms with Crippen LogP contribution in [0.15, 0.2) is 11.1 Å². The third kappa shape index (κ3) is 1.83. The predicted molar refractivity (Wildman–Crippen MR) is 64.6 cm³/mol. The van der Waals surface area contributed by atoms with Gasteiger partial charge in [-0.05, 0) is 19.3 Å². The summed E-state index contributed by atoms with van der Waals surface area (Å²) in [6.07, 6.45) is 4.99. The maximum Gasteiger partial charge on any atom is 0.271 e.